The van der Waals surface area contributed by atoms with Crippen molar-refractivity contribution in [1.82, 2.24) is 0 Å². The summed E-state index contributed by atoms with van der Waals surface area (Å²) in [6.07, 6.45) is 5.20. The predicted octanol–water partition coefficient (Wildman–Crippen LogP) is 2.49. The van der Waals surface area contributed by atoms with Crippen molar-refractivity contribution < 1.29 is 18.7 Å². The molecule has 0 aliphatic heterocycles. The molecule has 1 rings (SSSR count). The molecule has 2 N–H and O–H groups in total. The Morgan fingerprint density at radius 3 is 2.47 bits per heavy atom. The molecule has 0 aliphatic carbocycles. The first-order chi connectivity index (χ1) is 7.78. The van der Waals surface area contributed by atoms with E-state index in [-0.39, 0.29) is 5.69 Å². The number of terminal acetylenes is 1. The van der Waals surface area contributed by atoms with Gasteiger partial charge in [0.25, 0.3) is 0 Å². The molecule has 90 valence electrons. The van der Waals surface area contributed by atoms with Crippen LogP contribution in [0, 0.1) is 24.0 Å². The van der Waals surface area contributed by atoms with Crippen LogP contribution < -0.4 is 5.32 Å². The fraction of sp³-hybridized carbons (Fsp3) is 0.250. The second-order valence-corrected chi connectivity index (χ2v) is 3.99. The van der Waals surface area contributed by atoms with Crippen molar-refractivity contribution in [2.24, 2.45) is 0 Å². The Labute approximate surface area is 97.5 Å². The van der Waals surface area contributed by atoms with Crippen molar-refractivity contribution in [2.45, 2.75) is 19.4 Å². The molecule has 0 atom stereocenters. The number of rotatable bonds is 3. The van der Waals surface area contributed by atoms with E-state index in [1.807, 2.05) is 0 Å². The lowest BCUT2D eigenvalue weighted by molar-refractivity contribution is 0.0690. The minimum absolute atomic E-state index is 0.171. The maximum atomic E-state index is 13.5. The van der Waals surface area contributed by atoms with Crippen molar-refractivity contribution in [1.29, 1.82) is 0 Å². The number of halogens is 2. The quantitative estimate of drug-likeness (QED) is 0.797. The third kappa shape index (κ3) is 2.72. The third-order valence-corrected chi connectivity index (χ3v) is 2.12. The highest BCUT2D eigenvalue weighted by molar-refractivity contribution is 5.88. The second kappa shape index (κ2) is 4.42. The highest BCUT2D eigenvalue weighted by Crippen LogP contribution is 2.23. The van der Waals surface area contributed by atoms with Gasteiger partial charge >= 0.3 is 5.97 Å². The Morgan fingerprint density at radius 1 is 1.41 bits per heavy atom. The van der Waals surface area contributed by atoms with Gasteiger partial charge in [-0.3, -0.25) is 0 Å². The fourth-order valence-corrected chi connectivity index (χ4v) is 1.18. The number of hydrogen-bond acceptors (Lipinski definition) is 2. The maximum absolute atomic E-state index is 13.5. The van der Waals surface area contributed by atoms with Crippen LogP contribution >= 0.6 is 0 Å². The van der Waals surface area contributed by atoms with Gasteiger partial charge in [-0.2, -0.15) is 0 Å². The monoisotopic (exact) mass is 239 g/mol. The van der Waals surface area contributed by atoms with Crippen molar-refractivity contribution in [3.05, 3.63) is 29.3 Å². The van der Waals surface area contributed by atoms with Crippen molar-refractivity contribution in [2.75, 3.05) is 5.32 Å². The first-order valence-corrected chi connectivity index (χ1v) is 4.76. The number of hydrogen-bond donors (Lipinski definition) is 2. The van der Waals surface area contributed by atoms with E-state index >= 15 is 0 Å². The van der Waals surface area contributed by atoms with Gasteiger partial charge in [-0.05, 0) is 26.0 Å². The van der Waals surface area contributed by atoms with Crippen molar-refractivity contribution in [3.63, 3.8) is 0 Å². The SMILES string of the molecule is C#CC(C)(C)Nc1ccc(C(=O)O)c(F)c1F. The molecule has 5 heteroatoms. The van der Waals surface area contributed by atoms with E-state index in [9.17, 15) is 13.6 Å². The Balaban J connectivity index is 3.19. The average Bonchev–Trinajstić information content (AvgIpc) is 2.24. The zero-order valence-electron chi connectivity index (χ0n) is 9.34. The van der Waals surface area contributed by atoms with Gasteiger partial charge in [0.2, 0.25) is 0 Å². The summed E-state index contributed by atoms with van der Waals surface area (Å²) in [5, 5.41) is 11.2. The number of carboxylic acid groups (broad SMARTS) is 1. The van der Waals surface area contributed by atoms with Gasteiger partial charge in [0.1, 0.15) is 0 Å². The minimum atomic E-state index is -1.52. The van der Waals surface area contributed by atoms with Gasteiger partial charge in [-0.25, -0.2) is 13.6 Å². The summed E-state index contributed by atoms with van der Waals surface area (Å²) in [4.78, 5) is 10.6. The molecule has 0 spiro atoms. The minimum Gasteiger partial charge on any atom is -0.478 e. The lowest BCUT2D eigenvalue weighted by atomic mass is 10.1. The third-order valence-electron chi connectivity index (χ3n) is 2.12. The van der Waals surface area contributed by atoms with Crippen LogP contribution in [0.2, 0.25) is 0 Å². The summed E-state index contributed by atoms with van der Waals surface area (Å²) >= 11 is 0. The van der Waals surface area contributed by atoms with Gasteiger partial charge < -0.3 is 10.4 Å². The standard InChI is InChI=1S/C12H11F2NO2/c1-4-12(2,3)15-8-6-5-7(11(16)17)9(13)10(8)14/h1,5-6,15H,2-3H3,(H,16,17). The molecule has 0 fully saturated rings. The topological polar surface area (TPSA) is 49.3 Å². The van der Waals surface area contributed by atoms with E-state index < -0.39 is 28.7 Å². The largest absolute Gasteiger partial charge is 0.478 e. The molecule has 1 aromatic carbocycles. The van der Waals surface area contributed by atoms with Gasteiger partial charge in [0.15, 0.2) is 11.6 Å². The van der Waals surface area contributed by atoms with Crippen molar-refractivity contribution in [3.8, 4) is 12.3 Å². The Morgan fingerprint density at radius 2 is 2.00 bits per heavy atom. The van der Waals surface area contributed by atoms with Crippen LogP contribution in [-0.4, -0.2) is 16.6 Å². The highest BCUT2D eigenvalue weighted by Gasteiger charge is 2.21. The molecule has 0 aliphatic rings. The molecule has 0 saturated carbocycles. The highest BCUT2D eigenvalue weighted by atomic mass is 19.2. The van der Waals surface area contributed by atoms with Crippen LogP contribution in [0.4, 0.5) is 14.5 Å². The number of benzene rings is 1. The van der Waals surface area contributed by atoms with Gasteiger partial charge in [0.05, 0.1) is 16.8 Å². The van der Waals surface area contributed by atoms with Gasteiger partial charge in [-0.15, -0.1) is 6.42 Å². The van der Waals surface area contributed by atoms with E-state index in [2.05, 4.69) is 11.2 Å². The number of anilines is 1. The molecule has 0 bridgehead atoms. The van der Waals surface area contributed by atoms with Gasteiger partial charge in [0, 0.05) is 0 Å². The van der Waals surface area contributed by atoms with E-state index in [0.29, 0.717) is 0 Å². The Hall–Kier alpha value is -2.09. The van der Waals surface area contributed by atoms with Crippen LogP contribution in [0.15, 0.2) is 12.1 Å². The zero-order chi connectivity index (χ0) is 13.2. The van der Waals surface area contributed by atoms with Crippen LogP contribution in [0.5, 0.6) is 0 Å². The summed E-state index contributed by atoms with van der Waals surface area (Å²) in [7, 11) is 0. The van der Waals surface area contributed by atoms with Crippen molar-refractivity contribution >= 4 is 11.7 Å². The van der Waals surface area contributed by atoms with Crippen LogP contribution in [0.25, 0.3) is 0 Å². The van der Waals surface area contributed by atoms with E-state index in [0.717, 1.165) is 12.1 Å². The lowest BCUT2D eigenvalue weighted by Crippen LogP contribution is -2.29. The first-order valence-electron chi connectivity index (χ1n) is 4.76. The van der Waals surface area contributed by atoms with Gasteiger partial charge in [-0.1, -0.05) is 5.92 Å². The molecule has 3 nitrogen and oxygen atoms in total. The summed E-state index contributed by atoms with van der Waals surface area (Å²) in [6.45, 7) is 3.21. The Bertz CT molecular complexity index is 504. The zero-order valence-corrected chi connectivity index (χ0v) is 9.34. The normalized spacial score (nSPS) is 10.8. The number of nitrogens with one attached hydrogen (secondary N) is 1. The smallest absolute Gasteiger partial charge is 0.338 e. The van der Waals surface area contributed by atoms with E-state index in [1.54, 1.807) is 13.8 Å². The molecule has 0 saturated heterocycles. The number of carbonyl (C=O) groups is 1. The predicted molar refractivity (Wildman–Crippen MR) is 59.9 cm³/mol. The molecular weight excluding hydrogens is 228 g/mol. The molecule has 1 aromatic rings. The molecule has 0 unspecified atom stereocenters. The molecule has 0 amide bonds. The molecule has 0 aromatic heterocycles. The summed E-state index contributed by atoms with van der Waals surface area (Å²) in [5.74, 6) is -1.83. The van der Waals surface area contributed by atoms with Crippen LogP contribution in [0.1, 0.15) is 24.2 Å². The molecule has 17 heavy (non-hydrogen) atoms. The lowest BCUT2D eigenvalue weighted by Gasteiger charge is -2.21. The number of aromatic carboxylic acids is 1. The average molecular weight is 239 g/mol. The maximum Gasteiger partial charge on any atom is 0.338 e. The fourth-order valence-electron chi connectivity index (χ4n) is 1.18. The molecular formula is C12H11F2NO2. The second-order valence-electron chi connectivity index (χ2n) is 3.99. The molecule has 0 radical (unpaired) electrons. The number of carboxylic acids is 1. The van der Waals surface area contributed by atoms with E-state index in [4.69, 9.17) is 11.5 Å². The summed E-state index contributed by atoms with van der Waals surface area (Å²) in [6, 6.07) is 2.12. The van der Waals surface area contributed by atoms with Crippen LogP contribution in [0.3, 0.4) is 0 Å². The molecule has 0 heterocycles. The Kier molecular flexibility index (Phi) is 3.37. The van der Waals surface area contributed by atoms with E-state index in [1.165, 1.54) is 0 Å². The van der Waals surface area contributed by atoms with Crippen LogP contribution in [-0.2, 0) is 0 Å². The first kappa shape index (κ1) is 13.0. The summed E-state index contributed by atoms with van der Waals surface area (Å²) < 4.78 is 26.9. The summed E-state index contributed by atoms with van der Waals surface area (Å²) in [5.41, 5.74) is -1.75.